The fourth-order valence-corrected chi connectivity index (χ4v) is 1.39. The highest BCUT2D eigenvalue weighted by molar-refractivity contribution is 6.33. The molecule has 0 atom stereocenters. The molecule has 0 bridgehead atoms. The Morgan fingerprint density at radius 1 is 1.43 bits per heavy atom. The van der Waals surface area contributed by atoms with Crippen molar-refractivity contribution >= 4 is 17.6 Å². The molecule has 0 aliphatic rings. The number of hydrogen-bond acceptors (Lipinski definition) is 3. The third-order valence-electron chi connectivity index (χ3n) is 1.73. The number of aromatic nitrogens is 1. The Labute approximate surface area is 84.3 Å². The maximum atomic E-state index is 13.3. The van der Waals surface area contributed by atoms with Crippen molar-refractivity contribution in [2.24, 2.45) is 0 Å². The molecular formula is C9H6ClFN2O. The van der Waals surface area contributed by atoms with Crippen LogP contribution in [-0.4, -0.2) is 4.98 Å². The third kappa shape index (κ3) is 1.44. The summed E-state index contributed by atoms with van der Waals surface area (Å²) in [6, 6.07) is 4.36. The van der Waals surface area contributed by atoms with E-state index < -0.39 is 5.82 Å². The van der Waals surface area contributed by atoms with Crippen LogP contribution in [0.15, 0.2) is 28.8 Å². The van der Waals surface area contributed by atoms with E-state index in [1.165, 1.54) is 18.3 Å². The van der Waals surface area contributed by atoms with Crippen molar-refractivity contribution in [2.75, 3.05) is 5.73 Å². The van der Waals surface area contributed by atoms with Crippen molar-refractivity contribution in [2.45, 2.75) is 0 Å². The number of nitrogens with two attached hydrogens (primary N) is 1. The highest BCUT2D eigenvalue weighted by Crippen LogP contribution is 2.31. The lowest BCUT2D eigenvalue weighted by molar-refractivity contribution is 0.580. The van der Waals surface area contributed by atoms with Crippen LogP contribution < -0.4 is 5.73 Å². The van der Waals surface area contributed by atoms with E-state index in [9.17, 15) is 4.39 Å². The molecule has 0 fully saturated rings. The van der Waals surface area contributed by atoms with Crippen molar-refractivity contribution in [3.8, 4) is 11.3 Å². The molecular weight excluding hydrogens is 207 g/mol. The van der Waals surface area contributed by atoms with Gasteiger partial charge in [-0.15, -0.1) is 0 Å². The quantitative estimate of drug-likeness (QED) is 0.791. The van der Waals surface area contributed by atoms with Crippen molar-refractivity contribution < 1.29 is 8.81 Å². The Morgan fingerprint density at radius 3 is 2.79 bits per heavy atom. The minimum Gasteiger partial charge on any atom is -0.424 e. The monoisotopic (exact) mass is 212 g/mol. The number of nitrogen functional groups attached to an aromatic ring is 1. The SMILES string of the molecule is Nc1ncc(-c2c(F)cccc2Cl)o1. The minimum atomic E-state index is -0.464. The minimum absolute atomic E-state index is 0.0145. The van der Waals surface area contributed by atoms with Gasteiger partial charge in [0, 0.05) is 0 Å². The zero-order chi connectivity index (χ0) is 10.1. The average Bonchev–Trinajstić information content (AvgIpc) is 2.51. The maximum absolute atomic E-state index is 13.3. The molecule has 0 aliphatic carbocycles. The second-order valence-corrected chi connectivity index (χ2v) is 3.07. The predicted octanol–water partition coefficient (Wildman–Crippen LogP) is 2.72. The van der Waals surface area contributed by atoms with Crippen LogP contribution in [0.1, 0.15) is 0 Å². The van der Waals surface area contributed by atoms with E-state index in [1.54, 1.807) is 6.07 Å². The molecule has 2 N–H and O–H groups in total. The van der Waals surface area contributed by atoms with Gasteiger partial charge >= 0.3 is 0 Å². The smallest absolute Gasteiger partial charge is 0.292 e. The molecule has 0 spiro atoms. The summed E-state index contributed by atoms with van der Waals surface area (Å²) in [6.45, 7) is 0. The van der Waals surface area contributed by atoms with Crippen molar-refractivity contribution in [3.05, 3.63) is 35.2 Å². The number of rotatable bonds is 1. The molecule has 14 heavy (non-hydrogen) atoms. The first-order chi connectivity index (χ1) is 6.68. The molecule has 1 aromatic carbocycles. The number of oxazole rings is 1. The molecule has 0 aliphatic heterocycles. The van der Waals surface area contributed by atoms with Crippen LogP contribution in [0.3, 0.4) is 0 Å². The van der Waals surface area contributed by atoms with Crippen LogP contribution in [0, 0.1) is 5.82 Å². The predicted molar refractivity (Wildman–Crippen MR) is 51.3 cm³/mol. The van der Waals surface area contributed by atoms with Gasteiger partial charge in [0.25, 0.3) is 6.01 Å². The summed E-state index contributed by atoms with van der Waals surface area (Å²) in [5, 5.41) is 0.265. The molecule has 0 saturated carbocycles. The van der Waals surface area contributed by atoms with Gasteiger partial charge in [0.2, 0.25) is 0 Å². The number of benzene rings is 1. The van der Waals surface area contributed by atoms with Gasteiger partial charge in [-0.2, -0.15) is 0 Å². The summed E-state index contributed by atoms with van der Waals surface area (Å²) in [5.41, 5.74) is 5.45. The standard InChI is InChI=1S/C9H6ClFN2O/c10-5-2-1-3-6(11)8(5)7-4-13-9(12)14-7/h1-4H,(H2,12,13). The van der Waals surface area contributed by atoms with Gasteiger partial charge in [-0.1, -0.05) is 17.7 Å². The van der Waals surface area contributed by atoms with E-state index in [0.717, 1.165) is 0 Å². The normalized spacial score (nSPS) is 10.4. The van der Waals surface area contributed by atoms with Crippen molar-refractivity contribution in [3.63, 3.8) is 0 Å². The van der Waals surface area contributed by atoms with Gasteiger partial charge in [-0.3, -0.25) is 0 Å². The Kier molecular flexibility index (Phi) is 2.13. The second-order valence-electron chi connectivity index (χ2n) is 2.66. The Morgan fingerprint density at radius 2 is 2.21 bits per heavy atom. The van der Waals surface area contributed by atoms with Crippen LogP contribution in [0.25, 0.3) is 11.3 Å². The Balaban J connectivity index is 2.61. The van der Waals surface area contributed by atoms with Crippen LogP contribution in [0.5, 0.6) is 0 Å². The van der Waals surface area contributed by atoms with E-state index in [2.05, 4.69) is 4.98 Å². The molecule has 2 rings (SSSR count). The van der Waals surface area contributed by atoms with Crippen molar-refractivity contribution in [1.82, 2.24) is 4.98 Å². The highest BCUT2D eigenvalue weighted by atomic mass is 35.5. The van der Waals surface area contributed by atoms with Crippen LogP contribution in [-0.2, 0) is 0 Å². The molecule has 0 saturated heterocycles. The number of anilines is 1. The summed E-state index contributed by atoms with van der Waals surface area (Å²) in [7, 11) is 0. The lowest BCUT2D eigenvalue weighted by atomic mass is 10.2. The van der Waals surface area contributed by atoms with Crippen LogP contribution in [0.4, 0.5) is 10.4 Å². The zero-order valence-electron chi connectivity index (χ0n) is 7.00. The molecule has 72 valence electrons. The summed E-state index contributed by atoms with van der Waals surface area (Å²) in [6.07, 6.45) is 1.33. The first-order valence-corrected chi connectivity index (χ1v) is 4.22. The molecule has 3 nitrogen and oxygen atoms in total. The lowest BCUT2D eigenvalue weighted by Crippen LogP contribution is -1.83. The summed E-state index contributed by atoms with van der Waals surface area (Å²) >= 11 is 5.80. The number of hydrogen-bond donors (Lipinski definition) is 1. The van der Waals surface area contributed by atoms with E-state index in [0.29, 0.717) is 0 Å². The number of nitrogens with zero attached hydrogens (tertiary/aromatic N) is 1. The van der Waals surface area contributed by atoms with E-state index in [4.69, 9.17) is 21.8 Å². The van der Waals surface area contributed by atoms with Gasteiger partial charge in [-0.05, 0) is 12.1 Å². The molecule has 5 heteroatoms. The maximum Gasteiger partial charge on any atom is 0.292 e. The average molecular weight is 213 g/mol. The zero-order valence-corrected chi connectivity index (χ0v) is 7.75. The lowest BCUT2D eigenvalue weighted by Gasteiger charge is -2.00. The fourth-order valence-electron chi connectivity index (χ4n) is 1.14. The third-order valence-corrected chi connectivity index (χ3v) is 2.05. The Bertz CT molecular complexity index is 449. The first kappa shape index (κ1) is 9.02. The van der Waals surface area contributed by atoms with Crippen molar-refractivity contribution in [1.29, 1.82) is 0 Å². The van der Waals surface area contributed by atoms with E-state index >= 15 is 0 Å². The summed E-state index contributed by atoms with van der Waals surface area (Å²) < 4.78 is 18.3. The molecule has 1 aromatic heterocycles. The first-order valence-electron chi connectivity index (χ1n) is 3.84. The van der Waals surface area contributed by atoms with Crippen LogP contribution >= 0.6 is 11.6 Å². The van der Waals surface area contributed by atoms with Gasteiger partial charge < -0.3 is 10.2 Å². The van der Waals surface area contributed by atoms with Gasteiger partial charge in [0.1, 0.15) is 5.82 Å². The van der Waals surface area contributed by atoms with Gasteiger partial charge in [0.15, 0.2) is 5.76 Å². The van der Waals surface area contributed by atoms with E-state index in [-0.39, 0.29) is 22.4 Å². The highest BCUT2D eigenvalue weighted by Gasteiger charge is 2.13. The topological polar surface area (TPSA) is 52.0 Å². The molecule has 0 radical (unpaired) electrons. The Hall–Kier alpha value is -1.55. The molecule has 2 aromatic rings. The largest absolute Gasteiger partial charge is 0.424 e. The summed E-state index contributed by atoms with van der Waals surface area (Å²) in [4.78, 5) is 3.66. The number of halogens is 2. The molecule has 0 amide bonds. The van der Waals surface area contributed by atoms with E-state index in [1.807, 2.05) is 0 Å². The van der Waals surface area contributed by atoms with Crippen LogP contribution in [0.2, 0.25) is 5.02 Å². The summed E-state index contributed by atoms with van der Waals surface area (Å²) in [5.74, 6) is -0.237. The molecule has 1 heterocycles. The fraction of sp³-hybridized carbons (Fsp3) is 0. The molecule has 0 unspecified atom stereocenters. The van der Waals surface area contributed by atoms with Gasteiger partial charge in [-0.25, -0.2) is 9.37 Å². The second kappa shape index (κ2) is 3.31. The van der Waals surface area contributed by atoms with Gasteiger partial charge in [0.05, 0.1) is 16.8 Å².